The molecular formula is C49H32N2O. The molecule has 52 heavy (non-hydrogen) atoms. The molecule has 0 saturated carbocycles. The molecule has 0 fully saturated rings. The molecule has 0 amide bonds. The average Bonchev–Trinajstić information content (AvgIpc) is 3.61. The first-order valence-corrected chi connectivity index (χ1v) is 17.6. The molecule has 0 aliphatic rings. The first kappa shape index (κ1) is 29.9. The zero-order valence-electron chi connectivity index (χ0n) is 28.3. The number of hydrogen-bond donors (Lipinski definition) is 0. The molecule has 8 aromatic carbocycles. The van der Waals surface area contributed by atoms with Crippen molar-refractivity contribution in [3.8, 4) is 33.4 Å². The fourth-order valence-electron chi connectivity index (χ4n) is 7.70. The third-order valence-electron chi connectivity index (χ3n) is 10.2. The van der Waals surface area contributed by atoms with E-state index >= 15 is 0 Å². The van der Waals surface area contributed by atoms with Crippen molar-refractivity contribution in [2.75, 3.05) is 4.90 Å². The Labute approximate surface area is 301 Å². The van der Waals surface area contributed by atoms with Gasteiger partial charge in [0.1, 0.15) is 11.2 Å². The van der Waals surface area contributed by atoms with Crippen molar-refractivity contribution in [2.24, 2.45) is 0 Å². The van der Waals surface area contributed by atoms with Gasteiger partial charge >= 0.3 is 0 Å². The van der Waals surface area contributed by atoms with E-state index in [1.54, 1.807) is 6.20 Å². The van der Waals surface area contributed by atoms with Crippen LogP contribution in [0.15, 0.2) is 199 Å². The second-order valence-electron chi connectivity index (χ2n) is 13.2. The van der Waals surface area contributed by atoms with Crippen molar-refractivity contribution in [3.63, 3.8) is 0 Å². The lowest BCUT2D eigenvalue weighted by Gasteiger charge is -2.27. The maximum Gasteiger partial charge on any atom is 0.143 e. The Kier molecular flexibility index (Phi) is 7.14. The van der Waals surface area contributed by atoms with Gasteiger partial charge in [0, 0.05) is 45.3 Å². The summed E-state index contributed by atoms with van der Waals surface area (Å²) in [6.45, 7) is 0. The third kappa shape index (κ3) is 5.02. The molecule has 0 aliphatic heterocycles. The van der Waals surface area contributed by atoms with Crippen LogP contribution in [0.2, 0.25) is 0 Å². The predicted molar refractivity (Wildman–Crippen MR) is 218 cm³/mol. The van der Waals surface area contributed by atoms with Crippen LogP contribution in [-0.4, -0.2) is 4.98 Å². The molecule has 2 heterocycles. The van der Waals surface area contributed by atoms with Gasteiger partial charge in [0.25, 0.3) is 0 Å². The molecule has 10 aromatic rings. The van der Waals surface area contributed by atoms with Gasteiger partial charge in [-0.05, 0) is 86.6 Å². The lowest BCUT2D eigenvalue weighted by atomic mass is 9.94. The van der Waals surface area contributed by atoms with Crippen LogP contribution in [0.5, 0.6) is 0 Å². The summed E-state index contributed by atoms with van der Waals surface area (Å²) in [5.41, 5.74) is 12.2. The number of nitrogens with zero attached hydrogens (tertiary/aromatic N) is 2. The number of fused-ring (bicyclic) bond motifs is 6. The second-order valence-corrected chi connectivity index (χ2v) is 13.2. The summed E-state index contributed by atoms with van der Waals surface area (Å²) in [6.07, 6.45) is 3.67. The molecule has 0 saturated heterocycles. The van der Waals surface area contributed by atoms with Crippen molar-refractivity contribution in [1.82, 2.24) is 4.98 Å². The normalized spacial score (nSPS) is 11.5. The van der Waals surface area contributed by atoms with Gasteiger partial charge < -0.3 is 9.32 Å². The molecule has 0 radical (unpaired) electrons. The van der Waals surface area contributed by atoms with E-state index < -0.39 is 0 Å². The molecule has 0 N–H and O–H groups in total. The Morgan fingerprint density at radius 1 is 0.385 bits per heavy atom. The molecule has 2 aromatic heterocycles. The molecule has 244 valence electrons. The fourth-order valence-corrected chi connectivity index (χ4v) is 7.70. The highest BCUT2D eigenvalue weighted by atomic mass is 16.3. The van der Waals surface area contributed by atoms with E-state index in [4.69, 9.17) is 4.42 Å². The van der Waals surface area contributed by atoms with Crippen LogP contribution in [0, 0.1) is 0 Å². The molecular weight excluding hydrogens is 633 g/mol. The third-order valence-corrected chi connectivity index (χ3v) is 10.2. The van der Waals surface area contributed by atoms with Gasteiger partial charge in [-0.15, -0.1) is 0 Å². The summed E-state index contributed by atoms with van der Waals surface area (Å²) in [5.74, 6) is 0. The molecule has 0 unspecified atom stereocenters. The summed E-state index contributed by atoms with van der Waals surface area (Å²) in [6, 6.07) is 65.1. The van der Waals surface area contributed by atoms with Crippen LogP contribution in [0.3, 0.4) is 0 Å². The van der Waals surface area contributed by atoms with Gasteiger partial charge in [-0.1, -0.05) is 140 Å². The van der Waals surface area contributed by atoms with Crippen LogP contribution < -0.4 is 4.90 Å². The Balaban J connectivity index is 1.13. The maximum absolute atomic E-state index is 6.47. The van der Waals surface area contributed by atoms with E-state index in [1.165, 1.54) is 44.2 Å². The van der Waals surface area contributed by atoms with Crippen molar-refractivity contribution >= 4 is 60.5 Å². The summed E-state index contributed by atoms with van der Waals surface area (Å²) in [5, 5.41) is 6.76. The smallest absolute Gasteiger partial charge is 0.143 e. The Morgan fingerprint density at radius 3 is 1.71 bits per heavy atom. The highest BCUT2D eigenvalue weighted by Gasteiger charge is 2.19. The van der Waals surface area contributed by atoms with E-state index in [2.05, 4.69) is 186 Å². The van der Waals surface area contributed by atoms with Crippen molar-refractivity contribution < 1.29 is 4.42 Å². The summed E-state index contributed by atoms with van der Waals surface area (Å²) in [7, 11) is 0. The van der Waals surface area contributed by atoms with E-state index in [9.17, 15) is 0 Å². The minimum absolute atomic E-state index is 0.843. The summed E-state index contributed by atoms with van der Waals surface area (Å²) < 4.78 is 6.47. The van der Waals surface area contributed by atoms with Crippen LogP contribution >= 0.6 is 0 Å². The highest BCUT2D eigenvalue weighted by Crippen LogP contribution is 2.44. The standard InChI is InChI=1S/C49H32N2O/c1-2-10-33(11-3-1)39-15-6-7-16-41(39)35-20-24-37(25-21-35)51(38-26-22-36(23-27-38)42-17-8-13-34-12-4-5-14-40(34)42)47-19-9-18-44-43(47)28-29-45-46-32-50-31-30-48(46)52-49(44)45/h1-32H. The topological polar surface area (TPSA) is 29.3 Å². The molecule has 0 bridgehead atoms. The highest BCUT2D eigenvalue weighted by molar-refractivity contribution is 6.17. The zero-order valence-corrected chi connectivity index (χ0v) is 28.3. The lowest BCUT2D eigenvalue weighted by molar-refractivity contribution is 0.672. The first-order valence-electron chi connectivity index (χ1n) is 17.6. The quantitative estimate of drug-likeness (QED) is 0.177. The van der Waals surface area contributed by atoms with Gasteiger partial charge in [-0.3, -0.25) is 4.98 Å². The minimum Gasteiger partial charge on any atom is -0.455 e. The maximum atomic E-state index is 6.47. The number of pyridine rings is 1. The lowest BCUT2D eigenvalue weighted by Crippen LogP contribution is -2.10. The van der Waals surface area contributed by atoms with Crippen LogP contribution in [0.1, 0.15) is 0 Å². The number of aromatic nitrogens is 1. The first-order chi connectivity index (χ1) is 25.8. The summed E-state index contributed by atoms with van der Waals surface area (Å²) >= 11 is 0. The molecule has 10 rings (SSSR count). The van der Waals surface area contributed by atoms with E-state index in [-0.39, 0.29) is 0 Å². The summed E-state index contributed by atoms with van der Waals surface area (Å²) in [4.78, 5) is 6.73. The molecule has 3 nitrogen and oxygen atoms in total. The van der Waals surface area contributed by atoms with Gasteiger partial charge in [0.15, 0.2) is 0 Å². The fraction of sp³-hybridized carbons (Fsp3) is 0. The Hall–Kier alpha value is -6.97. The largest absolute Gasteiger partial charge is 0.455 e. The van der Waals surface area contributed by atoms with Crippen LogP contribution in [-0.2, 0) is 0 Å². The Morgan fingerprint density at radius 2 is 0.942 bits per heavy atom. The number of furan rings is 1. The zero-order chi connectivity index (χ0) is 34.4. The second kappa shape index (κ2) is 12.4. The van der Waals surface area contributed by atoms with Gasteiger partial charge in [0.05, 0.1) is 5.69 Å². The molecule has 3 heteroatoms. The van der Waals surface area contributed by atoms with Crippen LogP contribution in [0.4, 0.5) is 17.1 Å². The Bertz CT molecular complexity index is 2880. The van der Waals surface area contributed by atoms with Crippen molar-refractivity contribution in [1.29, 1.82) is 0 Å². The van der Waals surface area contributed by atoms with Gasteiger partial charge in [-0.25, -0.2) is 0 Å². The average molecular weight is 665 g/mol. The molecule has 0 aliphatic carbocycles. The van der Waals surface area contributed by atoms with Crippen molar-refractivity contribution in [3.05, 3.63) is 194 Å². The van der Waals surface area contributed by atoms with Crippen LogP contribution in [0.25, 0.3) is 76.9 Å². The van der Waals surface area contributed by atoms with Gasteiger partial charge in [0.2, 0.25) is 0 Å². The molecule has 0 spiro atoms. The number of hydrogen-bond acceptors (Lipinski definition) is 3. The van der Waals surface area contributed by atoms with E-state index in [0.717, 1.165) is 49.8 Å². The minimum atomic E-state index is 0.843. The SMILES string of the molecule is c1ccc(-c2ccccc2-c2ccc(N(c3ccc(-c4cccc5ccccc45)cc3)c3cccc4c3ccc3c5cnccc5oc43)cc2)cc1. The number of rotatable bonds is 6. The number of benzene rings is 8. The van der Waals surface area contributed by atoms with E-state index in [1.807, 2.05) is 12.3 Å². The predicted octanol–water partition coefficient (Wildman–Crippen LogP) is 13.8. The number of anilines is 3. The van der Waals surface area contributed by atoms with Gasteiger partial charge in [-0.2, -0.15) is 0 Å². The molecule has 0 atom stereocenters. The van der Waals surface area contributed by atoms with E-state index in [0.29, 0.717) is 0 Å². The monoisotopic (exact) mass is 664 g/mol. The van der Waals surface area contributed by atoms with Crippen molar-refractivity contribution in [2.45, 2.75) is 0 Å².